The monoisotopic (exact) mass is 443 g/mol. The topological polar surface area (TPSA) is 96.0 Å². The standard InChI is InChI=1S/C22H25N3O5S/c1-30-19-8-6-18(7-9-19)25-15-16(14-21(25)26)22(27)23-17-4-10-20(11-5-17)31(28,29)24-12-2-3-13-24/h4-11,16H,2-3,12-15H2,1H3,(H,23,27)/t16-/m1/s1. The van der Waals surface area contributed by atoms with Crippen LogP contribution < -0.4 is 15.0 Å². The zero-order chi connectivity index (χ0) is 22.0. The van der Waals surface area contributed by atoms with Crippen molar-refractivity contribution >= 4 is 33.2 Å². The molecule has 1 N–H and O–H groups in total. The number of ether oxygens (including phenoxy) is 1. The first-order valence-corrected chi connectivity index (χ1v) is 11.7. The summed E-state index contributed by atoms with van der Waals surface area (Å²) < 4.78 is 31.8. The van der Waals surface area contributed by atoms with Crippen molar-refractivity contribution in [3.05, 3.63) is 48.5 Å². The Bertz CT molecular complexity index is 1060. The van der Waals surface area contributed by atoms with Crippen LogP contribution >= 0.6 is 0 Å². The molecule has 2 aliphatic rings. The third-order valence-electron chi connectivity index (χ3n) is 5.70. The van der Waals surface area contributed by atoms with E-state index in [1.54, 1.807) is 48.4 Å². The lowest BCUT2D eigenvalue weighted by atomic mass is 10.1. The Hall–Kier alpha value is -2.91. The van der Waals surface area contributed by atoms with E-state index in [1.807, 2.05) is 0 Å². The van der Waals surface area contributed by atoms with Crippen LogP contribution in [0.25, 0.3) is 0 Å². The van der Waals surface area contributed by atoms with Crippen LogP contribution in [0.2, 0.25) is 0 Å². The Balaban J connectivity index is 1.39. The minimum absolute atomic E-state index is 0.114. The molecule has 0 aromatic heterocycles. The lowest BCUT2D eigenvalue weighted by Crippen LogP contribution is -2.28. The van der Waals surface area contributed by atoms with Gasteiger partial charge in [-0.1, -0.05) is 0 Å². The smallest absolute Gasteiger partial charge is 0.243 e. The van der Waals surface area contributed by atoms with E-state index in [1.165, 1.54) is 16.4 Å². The summed E-state index contributed by atoms with van der Waals surface area (Å²) >= 11 is 0. The lowest BCUT2D eigenvalue weighted by Gasteiger charge is -2.17. The van der Waals surface area contributed by atoms with Crippen LogP contribution in [0, 0.1) is 5.92 Å². The molecular formula is C22H25N3O5S. The van der Waals surface area contributed by atoms with Crippen LogP contribution in [0.15, 0.2) is 53.4 Å². The highest BCUT2D eigenvalue weighted by Crippen LogP contribution is 2.28. The largest absolute Gasteiger partial charge is 0.497 e. The Morgan fingerprint density at radius 2 is 1.68 bits per heavy atom. The van der Waals surface area contributed by atoms with Crippen molar-refractivity contribution in [1.82, 2.24) is 4.31 Å². The van der Waals surface area contributed by atoms with Crippen LogP contribution in [0.3, 0.4) is 0 Å². The van der Waals surface area contributed by atoms with E-state index in [0.29, 0.717) is 31.1 Å². The SMILES string of the molecule is COc1ccc(N2C[C@H](C(=O)Nc3ccc(S(=O)(=O)N4CCCC4)cc3)CC2=O)cc1. The number of hydrogen-bond donors (Lipinski definition) is 1. The minimum atomic E-state index is -3.49. The van der Waals surface area contributed by atoms with Gasteiger partial charge in [-0.25, -0.2) is 8.42 Å². The summed E-state index contributed by atoms with van der Waals surface area (Å²) in [5, 5.41) is 2.80. The number of amides is 2. The molecule has 2 amide bonds. The van der Waals surface area contributed by atoms with E-state index < -0.39 is 15.9 Å². The normalized spacial score (nSPS) is 19.6. The molecule has 2 aromatic rings. The van der Waals surface area contributed by atoms with E-state index in [9.17, 15) is 18.0 Å². The number of rotatable bonds is 6. The number of nitrogens with zero attached hydrogens (tertiary/aromatic N) is 2. The summed E-state index contributed by atoms with van der Waals surface area (Å²) in [7, 11) is -1.92. The van der Waals surface area contributed by atoms with Gasteiger partial charge in [0.25, 0.3) is 0 Å². The molecule has 2 fully saturated rings. The van der Waals surface area contributed by atoms with Crippen molar-refractivity contribution in [1.29, 1.82) is 0 Å². The second-order valence-corrected chi connectivity index (χ2v) is 9.67. The highest BCUT2D eigenvalue weighted by atomic mass is 32.2. The third-order valence-corrected chi connectivity index (χ3v) is 7.62. The summed E-state index contributed by atoms with van der Waals surface area (Å²) in [5.41, 5.74) is 1.22. The summed E-state index contributed by atoms with van der Waals surface area (Å²) in [5.74, 6) is -0.167. The van der Waals surface area contributed by atoms with Crippen molar-refractivity contribution in [2.75, 3.05) is 37.0 Å². The van der Waals surface area contributed by atoms with Gasteiger partial charge >= 0.3 is 0 Å². The highest BCUT2D eigenvalue weighted by molar-refractivity contribution is 7.89. The van der Waals surface area contributed by atoms with Crippen LogP contribution in [0.1, 0.15) is 19.3 Å². The van der Waals surface area contributed by atoms with Crippen molar-refractivity contribution in [3.63, 3.8) is 0 Å². The zero-order valence-corrected chi connectivity index (χ0v) is 18.1. The third kappa shape index (κ3) is 4.42. The molecule has 164 valence electrons. The lowest BCUT2D eigenvalue weighted by molar-refractivity contribution is -0.122. The zero-order valence-electron chi connectivity index (χ0n) is 17.3. The van der Waals surface area contributed by atoms with Crippen molar-refractivity contribution in [2.24, 2.45) is 5.92 Å². The molecule has 9 heteroatoms. The molecule has 0 spiro atoms. The van der Waals surface area contributed by atoms with Crippen LogP contribution in [-0.4, -0.2) is 51.3 Å². The number of sulfonamides is 1. The van der Waals surface area contributed by atoms with Crippen LogP contribution in [-0.2, 0) is 19.6 Å². The van der Waals surface area contributed by atoms with Crippen molar-refractivity contribution in [2.45, 2.75) is 24.2 Å². The molecule has 0 bridgehead atoms. The molecule has 31 heavy (non-hydrogen) atoms. The van der Waals surface area contributed by atoms with E-state index in [0.717, 1.165) is 18.5 Å². The molecule has 4 rings (SSSR count). The molecule has 8 nitrogen and oxygen atoms in total. The molecule has 0 aliphatic carbocycles. The van der Waals surface area contributed by atoms with Gasteiger partial charge in [0.15, 0.2) is 0 Å². The number of benzene rings is 2. The maximum Gasteiger partial charge on any atom is 0.243 e. The fourth-order valence-electron chi connectivity index (χ4n) is 3.93. The number of hydrogen-bond acceptors (Lipinski definition) is 5. The second kappa shape index (κ2) is 8.68. The van der Waals surface area contributed by atoms with E-state index >= 15 is 0 Å². The first-order chi connectivity index (χ1) is 14.9. The number of carbonyl (C=O) groups excluding carboxylic acids is 2. The molecule has 2 aromatic carbocycles. The van der Waals surface area contributed by atoms with Gasteiger partial charge in [-0.3, -0.25) is 9.59 Å². The average Bonchev–Trinajstić information content (AvgIpc) is 3.45. The molecule has 1 atom stereocenters. The molecule has 0 radical (unpaired) electrons. The Morgan fingerprint density at radius 1 is 1.03 bits per heavy atom. The van der Waals surface area contributed by atoms with Crippen molar-refractivity contribution < 1.29 is 22.7 Å². The molecular weight excluding hydrogens is 418 g/mol. The fraction of sp³-hybridized carbons (Fsp3) is 0.364. The van der Waals surface area contributed by atoms with Gasteiger partial charge in [-0.2, -0.15) is 4.31 Å². The van der Waals surface area contributed by atoms with E-state index in [2.05, 4.69) is 5.32 Å². The summed E-state index contributed by atoms with van der Waals surface area (Å²) in [6.45, 7) is 1.38. The predicted octanol–water partition coefficient (Wildman–Crippen LogP) is 2.47. The maximum absolute atomic E-state index is 12.7. The minimum Gasteiger partial charge on any atom is -0.497 e. The summed E-state index contributed by atoms with van der Waals surface area (Å²) in [6, 6.07) is 13.3. The summed E-state index contributed by atoms with van der Waals surface area (Å²) in [6.07, 6.45) is 1.88. The van der Waals surface area contributed by atoms with Gasteiger partial charge in [0.2, 0.25) is 21.8 Å². The van der Waals surface area contributed by atoms with Gasteiger partial charge in [0.05, 0.1) is 17.9 Å². The Labute approximate surface area is 181 Å². The van der Waals surface area contributed by atoms with Gasteiger partial charge in [0, 0.05) is 37.4 Å². The molecule has 0 saturated carbocycles. The fourth-order valence-corrected chi connectivity index (χ4v) is 5.44. The van der Waals surface area contributed by atoms with Crippen LogP contribution in [0.5, 0.6) is 5.75 Å². The number of anilines is 2. The maximum atomic E-state index is 12.7. The molecule has 0 unspecified atom stereocenters. The van der Waals surface area contributed by atoms with Gasteiger partial charge in [-0.05, 0) is 61.4 Å². The summed E-state index contributed by atoms with van der Waals surface area (Å²) in [4.78, 5) is 26.9. The Morgan fingerprint density at radius 3 is 2.29 bits per heavy atom. The van der Waals surface area contributed by atoms with Crippen LogP contribution in [0.4, 0.5) is 11.4 Å². The number of methoxy groups -OCH3 is 1. The predicted molar refractivity (Wildman–Crippen MR) is 117 cm³/mol. The molecule has 2 aliphatic heterocycles. The number of nitrogens with one attached hydrogen (secondary N) is 1. The van der Waals surface area contributed by atoms with E-state index in [4.69, 9.17) is 4.74 Å². The van der Waals surface area contributed by atoms with Gasteiger partial charge < -0.3 is 15.0 Å². The van der Waals surface area contributed by atoms with Crippen molar-refractivity contribution in [3.8, 4) is 5.75 Å². The first kappa shape index (κ1) is 21.3. The Kier molecular flexibility index (Phi) is 5.97. The first-order valence-electron chi connectivity index (χ1n) is 10.2. The van der Waals surface area contributed by atoms with Gasteiger partial charge in [-0.15, -0.1) is 0 Å². The number of carbonyl (C=O) groups is 2. The second-order valence-electron chi connectivity index (χ2n) is 7.73. The average molecular weight is 444 g/mol. The highest BCUT2D eigenvalue weighted by Gasteiger charge is 2.35. The van der Waals surface area contributed by atoms with E-state index in [-0.39, 0.29) is 23.1 Å². The molecule has 2 saturated heterocycles. The molecule has 2 heterocycles. The quantitative estimate of drug-likeness (QED) is 0.740. The van der Waals surface area contributed by atoms with Gasteiger partial charge in [0.1, 0.15) is 5.75 Å².